The zero-order valence-electron chi connectivity index (χ0n) is 13.5. The number of hydrogen-bond acceptors (Lipinski definition) is 3. The van der Waals surface area contributed by atoms with Crippen LogP contribution in [-0.4, -0.2) is 16.2 Å². The van der Waals surface area contributed by atoms with Crippen LogP contribution in [0.5, 0.6) is 5.75 Å². The molecule has 0 saturated carbocycles. The molecule has 3 aromatic rings. The van der Waals surface area contributed by atoms with Gasteiger partial charge in [-0.1, -0.05) is 31.2 Å². The van der Waals surface area contributed by atoms with Crippen LogP contribution in [0.2, 0.25) is 0 Å². The van der Waals surface area contributed by atoms with E-state index in [4.69, 9.17) is 15.5 Å². The van der Waals surface area contributed by atoms with Gasteiger partial charge < -0.3 is 15.0 Å². The van der Waals surface area contributed by atoms with E-state index in [0.29, 0.717) is 12.3 Å². The number of nitrogens with zero attached hydrogens (tertiary/aromatic N) is 2. The molecule has 23 heavy (non-hydrogen) atoms. The molecule has 0 bridgehead atoms. The van der Waals surface area contributed by atoms with Gasteiger partial charge in [-0.2, -0.15) is 0 Å². The van der Waals surface area contributed by atoms with E-state index in [2.05, 4.69) is 29.7 Å². The first-order valence-electron chi connectivity index (χ1n) is 8.21. The van der Waals surface area contributed by atoms with Crippen LogP contribution >= 0.6 is 0 Å². The third kappa shape index (κ3) is 3.47. The molecule has 0 fully saturated rings. The van der Waals surface area contributed by atoms with Crippen molar-refractivity contribution in [3.8, 4) is 5.75 Å². The van der Waals surface area contributed by atoms with Crippen LogP contribution in [0.15, 0.2) is 48.5 Å². The predicted molar refractivity (Wildman–Crippen MR) is 94.7 cm³/mol. The number of fused-ring (bicyclic) bond motifs is 1. The number of aryl methyl sites for hydroxylation is 2. The average molecular weight is 309 g/mol. The molecule has 2 aromatic carbocycles. The van der Waals surface area contributed by atoms with Gasteiger partial charge in [0.25, 0.3) is 0 Å². The summed E-state index contributed by atoms with van der Waals surface area (Å²) in [5.74, 6) is 1.93. The van der Waals surface area contributed by atoms with E-state index in [0.717, 1.165) is 42.9 Å². The predicted octanol–water partition coefficient (Wildman–Crippen LogP) is 4.04. The summed E-state index contributed by atoms with van der Waals surface area (Å²) in [7, 11) is 0. The third-order valence-electron chi connectivity index (χ3n) is 4.00. The summed E-state index contributed by atoms with van der Waals surface area (Å²) >= 11 is 0. The van der Waals surface area contributed by atoms with E-state index in [1.54, 1.807) is 0 Å². The fourth-order valence-corrected chi connectivity index (χ4v) is 2.81. The molecule has 0 aliphatic rings. The maximum absolute atomic E-state index is 5.88. The fraction of sp³-hybridized carbons (Fsp3) is 0.316. The number of nitrogens with two attached hydrogens (primary N) is 1. The Labute approximate surface area is 136 Å². The first kappa shape index (κ1) is 15.4. The highest BCUT2D eigenvalue weighted by Crippen LogP contribution is 2.20. The van der Waals surface area contributed by atoms with E-state index >= 15 is 0 Å². The summed E-state index contributed by atoms with van der Waals surface area (Å²) in [6.07, 6.45) is 3.00. The molecule has 0 saturated heterocycles. The molecule has 0 amide bonds. The van der Waals surface area contributed by atoms with Gasteiger partial charge in [0, 0.05) is 13.0 Å². The zero-order valence-corrected chi connectivity index (χ0v) is 13.5. The van der Waals surface area contributed by atoms with Gasteiger partial charge in [-0.15, -0.1) is 0 Å². The second-order valence-corrected chi connectivity index (χ2v) is 5.62. The monoisotopic (exact) mass is 309 g/mol. The van der Waals surface area contributed by atoms with Gasteiger partial charge in [-0.25, -0.2) is 4.98 Å². The van der Waals surface area contributed by atoms with Crippen LogP contribution in [0.3, 0.4) is 0 Å². The number of imidazole rings is 1. The van der Waals surface area contributed by atoms with Crippen LogP contribution in [0, 0.1) is 0 Å². The van der Waals surface area contributed by atoms with E-state index in [9.17, 15) is 0 Å². The van der Waals surface area contributed by atoms with Crippen molar-refractivity contribution >= 4 is 16.7 Å². The summed E-state index contributed by atoms with van der Waals surface area (Å²) in [6.45, 7) is 3.80. The standard InChI is InChI=1S/C19H23N3O/c1-2-19-21-16-10-4-5-11-17(16)22(19)13-7-8-14-23-18-12-6-3-9-15(18)20/h3-6,9-12H,2,7-8,13-14,20H2,1H3. The molecule has 1 heterocycles. The van der Waals surface area contributed by atoms with Gasteiger partial charge in [-0.05, 0) is 37.1 Å². The number of aromatic nitrogens is 2. The number of benzene rings is 2. The number of unbranched alkanes of at least 4 members (excludes halogenated alkanes) is 1. The lowest BCUT2D eigenvalue weighted by molar-refractivity contribution is 0.305. The van der Waals surface area contributed by atoms with Gasteiger partial charge >= 0.3 is 0 Å². The van der Waals surface area contributed by atoms with E-state index < -0.39 is 0 Å². The second kappa shape index (κ2) is 7.18. The Morgan fingerprint density at radius 2 is 1.83 bits per heavy atom. The minimum atomic E-state index is 0.683. The van der Waals surface area contributed by atoms with Gasteiger partial charge in [0.1, 0.15) is 11.6 Å². The lowest BCUT2D eigenvalue weighted by atomic mass is 10.2. The van der Waals surface area contributed by atoms with Crippen LogP contribution < -0.4 is 10.5 Å². The van der Waals surface area contributed by atoms with Gasteiger partial charge in [0.05, 0.1) is 23.3 Å². The summed E-state index contributed by atoms with van der Waals surface area (Å²) in [5, 5.41) is 0. The van der Waals surface area contributed by atoms with Gasteiger partial charge in [-0.3, -0.25) is 0 Å². The Hall–Kier alpha value is -2.49. The quantitative estimate of drug-likeness (QED) is 0.529. The highest BCUT2D eigenvalue weighted by molar-refractivity contribution is 5.75. The van der Waals surface area contributed by atoms with E-state index in [-0.39, 0.29) is 0 Å². The second-order valence-electron chi connectivity index (χ2n) is 5.62. The molecule has 0 atom stereocenters. The number of rotatable bonds is 7. The lowest BCUT2D eigenvalue weighted by Crippen LogP contribution is -2.06. The van der Waals surface area contributed by atoms with E-state index in [1.807, 2.05) is 30.3 Å². The Bertz CT molecular complexity index is 779. The maximum atomic E-state index is 5.88. The molecule has 0 radical (unpaired) electrons. The molecule has 120 valence electrons. The van der Waals surface area contributed by atoms with Crippen LogP contribution in [0.25, 0.3) is 11.0 Å². The summed E-state index contributed by atoms with van der Waals surface area (Å²) in [4.78, 5) is 4.70. The summed E-state index contributed by atoms with van der Waals surface area (Å²) in [6, 6.07) is 16.0. The van der Waals surface area contributed by atoms with Gasteiger partial charge in [0.2, 0.25) is 0 Å². The lowest BCUT2D eigenvalue weighted by Gasteiger charge is -2.10. The molecule has 0 unspecified atom stereocenters. The molecule has 4 heteroatoms. The minimum Gasteiger partial charge on any atom is -0.491 e. The minimum absolute atomic E-state index is 0.683. The molecule has 4 nitrogen and oxygen atoms in total. The van der Waals surface area contributed by atoms with Crippen molar-refractivity contribution in [1.82, 2.24) is 9.55 Å². The number of ether oxygens (including phenoxy) is 1. The summed E-state index contributed by atoms with van der Waals surface area (Å²) in [5.41, 5.74) is 8.87. The first-order chi connectivity index (χ1) is 11.3. The SMILES string of the molecule is CCc1nc2ccccc2n1CCCCOc1ccccc1N. The maximum Gasteiger partial charge on any atom is 0.142 e. The van der Waals surface area contributed by atoms with Crippen molar-refractivity contribution in [3.05, 3.63) is 54.4 Å². The first-order valence-corrected chi connectivity index (χ1v) is 8.21. The Morgan fingerprint density at radius 3 is 2.65 bits per heavy atom. The highest BCUT2D eigenvalue weighted by atomic mass is 16.5. The molecular formula is C19H23N3O. The fourth-order valence-electron chi connectivity index (χ4n) is 2.81. The van der Waals surface area contributed by atoms with Crippen molar-refractivity contribution in [2.24, 2.45) is 0 Å². The number of hydrogen-bond donors (Lipinski definition) is 1. The summed E-state index contributed by atoms with van der Waals surface area (Å²) < 4.78 is 8.08. The van der Waals surface area contributed by atoms with Crippen LogP contribution in [-0.2, 0) is 13.0 Å². The zero-order chi connectivity index (χ0) is 16.1. The van der Waals surface area contributed by atoms with Crippen molar-refractivity contribution in [2.75, 3.05) is 12.3 Å². The van der Waals surface area contributed by atoms with Crippen LogP contribution in [0.4, 0.5) is 5.69 Å². The van der Waals surface area contributed by atoms with Crippen molar-refractivity contribution < 1.29 is 4.74 Å². The van der Waals surface area contributed by atoms with Gasteiger partial charge in [0.15, 0.2) is 0 Å². The normalized spacial score (nSPS) is 11.0. The molecule has 1 aromatic heterocycles. The highest BCUT2D eigenvalue weighted by Gasteiger charge is 2.08. The largest absolute Gasteiger partial charge is 0.491 e. The molecule has 0 spiro atoms. The van der Waals surface area contributed by atoms with Crippen molar-refractivity contribution in [3.63, 3.8) is 0 Å². The van der Waals surface area contributed by atoms with Crippen molar-refractivity contribution in [1.29, 1.82) is 0 Å². The Kier molecular flexibility index (Phi) is 4.81. The molecule has 0 aliphatic carbocycles. The molecule has 0 aliphatic heterocycles. The number of nitrogen functional groups attached to an aromatic ring is 1. The number of para-hydroxylation sites is 4. The molecule has 2 N–H and O–H groups in total. The smallest absolute Gasteiger partial charge is 0.142 e. The average Bonchev–Trinajstić information content (AvgIpc) is 2.94. The topological polar surface area (TPSA) is 53.1 Å². The van der Waals surface area contributed by atoms with Crippen molar-refractivity contribution in [2.45, 2.75) is 32.7 Å². The third-order valence-corrected chi connectivity index (χ3v) is 4.00. The molecule has 3 rings (SSSR count). The van der Waals surface area contributed by atoms with Crippen LogP contribution in [0.1, 0.15) is 25.6 Å². The van der Waals surface area contributed by atoms with E-state index in [1.165, 1.54) is 5.52 Å². The molecular weight excluding hydrogens is 286 g/mol. The Balaban J connectivity index is 1.56. The Morgan fingerprint density at radius 1 is 1.04 bits per heavy atom. The number of anilines is 1.